The van der Waals surface area contributed by atoms with Crippen LogP contribution in [0.25, 0.3) is 0 Å². The quantitative estimate of drug-likeness (QED) is 0.656. The van der Waals surface area contributed by atoms with Crippen LogP contribution in [0.15, 0.2) is 12.1 Å². The summed E-state index contributed by atoms with van der Waals surface area (Å²) in [5.41, 5.74) is 9.37. The predicted octanol–water partition coefficient (Wildman–Crippen LogP) is 1.92. The average Bonchev–Trinajstić information content (AvgIpc) is 2.35. The topological polar surface area (TPSA) is 61.5 Å². The third-order valence-corrected chi connectivity index (χ3v) is 3.31. The molecule has 0 amide bonds. The van der Waals surface area contributed by atoms with Crippen LogP contribution < -0.4 is 10.6 Å². The van der Waals surface area contributed by atoms with Gasteiger partial charge < -0.3 is 5.73 Å². The van der Waals surface area contributed by atoms with Crippen molar-refractivity contribution in [3.05, 3.63) is 28.8 Å². The van der Waals surface area contributed by atoms with Crippen molar-refractivity contribution in [1.82, 2.24) is 0 Å². The fraction of sp³-hybridized carbons (Fsp3) is 0.500. The maximum Gasteiger partial charge on any atom is 0.352 e. The number of fused-ring (bicyclic) bond motifs is 1. The van der Waals surface area contributed by atoms with Crippen molar-refractivity contribution >= 4 is 5.97 Å². The minimum atomic E-state index is -0.442. The van der Waals surface area contributed by atoms with Gasteiger partial charge in [-0.15, -0.1) is 0 Å². The second-order valence-electron chi connectivity index (χ2n) is 4.71. The van der Waals surface area contributed by atoms with Gasteiger partial charge in [0.15, 0.2) is 5.75 Å². The van der Waals surface area contributed by atoms with Gasteiger partial charge in [0.2, 0.25) is 0 Å². The SMILES string of the molecule is CCc1ccc2c(c1OOC(C)=O)CCC(N)C2. The van der Waals surface area contributed by atoms with Crippen LogP contribution in [0.5, 0.6) is 5.75 Å². The Morgan fingerprint density at radius 3 is 2.94 bits per heavy atom. The average molecular weight is 249 g/mol. The lowest BCUT2D eigenvalue weighted by molar-refractivity contribution is -0.211. The number of hydrogen-bond acceptors (Lipinski definition) is 4. The van der Waals surface area contributed by atoms with Crippen molar-refractivity contribution in [2.45, 2.75) is 45.6 Å². The van der Waals surface area contributed by atoms with Crippen LogP contribution in [-0.4, -0.2) is 12.0 Å². The zero-order chi connectivity index (χ0) is 13.1. The van der Waals surface area contributed by atoms with E-state index in [0.29, 0.717) is 5.75 Å². The van der Waals surface area contributed by atoms with Crippen LogP contribution in [0.3, 0.4) is 0 Å². The van der Waals surface area contributed by atoms with E-state index in [1.165, 1.54) is 12.5 Å². The van der Waals surface area contributed by atoms with Crippen LogP contribution in [0, 0.1) is 0 Å². The molecule has 0 heterocycles. The predicted molar refractivity (Wildman–Crippen MR) is 68.2 cm³/mol. The summed E-state index contributed by atoms with van der Waals surface area (Å²) in [6.07, 6.45) is 3.52. The zero-order valence-corrected chi connectivity index (χ0v) is 10.9. The minimum Gasteiger partial charge on any atom is -0.327 e. The molecule has 2 N–H and O–H groups in total. The molecule has 18 heavy (non-hydrogen) atoms. The number of carbonyl (C=O) groups is 1. The Morgan fingerprint density at radius 1 is 1.50 bits per heavy atom. The Morgan fingerprint density at radius 2 is 2.28 bits per heavy atom. The number of rotatable bonds is 3. The molecule has 0 saturated carbocycles. The van der Waals surface area contributed by atoms with Crippen molar-refractivity contribution in [2.24, 2.45) is 5.73 Å². The van der Waals surface area contributed by atoms with Crippen molar-refractivity contribution < 1.29 is 14.6 Å². The van der Waals surface area contributed by atoms with Crippen LogP contribution in [0.4, 0.5) is 0 Å². The van der Waals surface area contributed by atoms with Gasteiger partial charge in [-0.2, -0.15) is 0 Å². The highest BCUT2D eigenvalue weighted by Gasteiger charge is 2.22. The molecule has 0 spiro atoms. The highest BCUT2D eigenvalue weighted by molar-refractivity contribution is 5.65. The van der Waals surface area contributed by atoms with Gasteiger partial charge in [-0.1, -0.05) is 19.1 Å². The van der Waals surface area contributed by atoms with Gasteiger partial charge in [0, 0.05) is 18.5 Å². The van der Waals surface area contributed by atoms with E-state index in [-0.39, 0.29) is 6.04 Å². The van der Waals surface area contributed by atoms with E-state index in [1.807, 2.05) is 6.07 Å². The minimum absolute atomic E-state index is 0.214. The first-order valence-electron chi connectivity index (χ1n) is 6.36. The zero-order valence-electron chi connectivity index (χ0n) is 10.9. The van der Waals surface area contributed by atoms with Crippen LogP contribution in [0.1, 0.15) is 37.0 Å². The number of hydrogen-bond donors (Lipinski definition) is 1. The first-order chi connectivity index (χ1) is 8.61. The number of carbonyl (C=O) groups excluding carboxylic acids is 1. The number of nitrogens with two attached hydrogens (primary N) is 1. The fourth-order valence-corrected chi connectivity index (χ4v) is 2.38. The monoisotopic (exact) mass is 249 g/mol. The molecule has 98 valence electrons. The Bertz CT molecular complexity index is 457. The van der Waals surface area contributed by atoms with Gasteiger partial charge in [0.25, 0.3) is 0 Å². The van der Waals surface area contributed by atoms with E-state index in [1.54, 1.807) is 0 Å². The maximum atomic E-state index is 10.9. The van der Waals surface area contributed by atoms with Gasteiger partial charge in [-0.05, 0) is 36.8 Å². The molecule has 1 aromatic rings. The van der Waals surface area contributed by atoms with E-state index in [0.717, 1.165) is 36.8 Å². The Kier molecular flexibility index (Phi) is 3.87. The van der Waals surface area contributed by atoms with E-state index >= 15 is 0 Å². The van der Waals surface area contributed by atoms with E-state index in [4.69, 9.17) is 15.5 Å². The lowest BCUT2D eigenvalue weighted by Crippen LogP contribution is -2.28. The summed E-state index contributed by atoms with van der Waals surface area (Å²) in [6, 6.07) is 4.34. The third kappa shape index (κ3) is 2.64. The van der Waals surface area contributed by atoms with Gasteiger partial charge >= 0.3 is 5.97 Å². The first kappa shape index (κ1) is 12.9. The van der Waals surface area contributed by atoms with Gasteiger partial charge in [0.05, 0.1) is 0 Å². The highest BCUT2D eigenvalue weighted by Crippen LogP contribution is 2.33. The molecular formula is C14H19NO3. The van der Waals surface area contributed by atoms with E-state index < -0.39 is 5.97 Å². The first-order valence-corrected chi connectivity index (χ1v) is 6.36. The Balaban J connectivity index is 2.34. The normalized spacial score (nSPS) is 18.1. The summed E-state index contributed by atoms with van der Waals surface area (Å²) in [6.45, 7) is 3.38. The van der Waals surface area contributed by atoms with Gasteiger partial charge in [0.1, 0.15) is 0 Å². The van der Waals surface area contributed by atoms with Crippen LogP contribution in [-0.2, 0) is 28.9 Å². The molecule has 0 radical (unpaired) electrons. The van der Waals surface area contributed by atoms with Crippen molar-refractivity contribution in [2.75, 3.05) is 0 Å². The second kappa shape index (κ2) is 5.40. The highest BCUT2D eigenvalue weighted by atomic mass is 17.2. The summed E-state index contributed by atoms with van der Waals surface area (Å²) >= 11 is 0. The summed E-state index contributed by atoms with van der Waals surface area (Å²) < 4.78 is 0. The molecule has 0 fully saturated rings. The summed E-state index contributed by atoms with van der Waals surface area (Å²) in [5, 5.41) is 0. The Hall–Kier alpha value is -1.55. The van der Waals surface area contributed by atoms with Crippen molar-refractivity contribution in [3.8, 4) is 5.75 Å². The van der Waals surface area contributed by atoms with Gasteiger partial charge in [-0.3, -0.25) is 9.78 Å². The largest absolute Gasteiger partial charge is 0.352 e. The van der Waals surface area contributed by atoms with Crippen LogP contribution >= 0.6 is 0 Å². The van der Waals surface area contributed by atoms with Crippen molar-refractivity contribution in [1.29, 1.82) is 0 Å². The molecule has 1 atom stereocenters. The molecule has 4 heteroatoms. The molecule has 1 unspecified atom stereocenters. The smallest absolute Gasteiger partial charge is 0.327 e. The molecule has 0 bridgehead atoms. The van der Waals surface area contributed by atoms with E-state index in [9.17, 15) is 4.79 Å². The molecule has 0 aromatic heterocycles. The second-order valence-corrected chi connectivity index (χ2v) is 4.71. The Labute approximate surface area is 107 Å². The molecule has 0 saturated heterocycles. The molecule has 1 aliphatic rings. The summed E-state index contributed by atoms with van der Waals surface area (Å²) in [7, 11) is 0. The van der Waals surface area contributed by atoms with Crippen LogP contribution in [0.2, 0.25) is 0 Å². The van der Waals surface area contributed by atoms with Crippen molar-refractivity contribution in [3.63, 3.8) is 0 Å². The number of benzene rings is 1. The third-order valence-electron chi connectivity index (χ3n) is 3.31. The molecule has 0 aliphatic heterocycles. The maximum absolute atomic E-state index is 10.9. The molecule has 4 nitrogen and oxygen atoms in total. The molecule has 1 aliphatic carbocycles. The molecule has 1 aromatic carbocycles. The lowest BCUT2D eigenvalue weighted by atomic mass is 9.86. The van der Waals surface area contributed by atoms with E-state index in [2.05, 4.69) is 13.0 Å². The summed E-state index contributed by atoms with van der Waals surface area (Å²) in [5.74, 6) is 0.263. The standard InChI is InChI=1S/C14H19NO3/c1-3-10-4-5-11-8-12(15)6-7-13(11)14(10)18-17-9(2)16/h4-5,12H,3,6-8,15H2,1-2H3. The summed E-state index contributed by atoms with van der Waals surface area (Å²) in [4.78, 5) is 20.8. The number of aryl methyl sites for hydroxylation is 1. The molecule has 2 rings (SSSR count). The molecular weight excluding hydrogens is 230 g/mol. The fourth-order valence-electron chi connectivity index (χ4n) is 2.38. The lowest BCUT2D eigenvalue weighted by Gasteiger charge is -2.24. The van der Waals surface area contributed by atoms with Gasteiger partial charge in [-0.25, -0.2) is 4.79 Å².